The number of aromatic hydroxyl groups is 1. The van der Waals surface area contributed by atoms with Crippen LogP contribution in [-0.2, 0) is 15.6 Å². The number of hydrogen-bond donors (Lipinski definition) is 1. The van der Waals surface area contributed by atoms with Crippen molar-refractivity contribution in [1.82, 2.24) is 0 Å². The average Bonchev–Trinajstić information content (AvgIpc) is 2.67. The molecule has 1 aliphatic rings. The van der Waals surface area contributed by atoms with Gasteiger partial charge in [-0.05, 0) is 23.0 Å². The van der Waals surface area contributed by atoms with Gasteiger partial charge in [-0.3, -0.25) is 4.79 Å². The Kier molecular flexibility index (Phi) is 4.03. The summed E-state index contributed by atoms with van der Waals surface area (Å²) in [5.74, 6) is 0.0557. The molecule has 0 saturated heterocycles. The van der Waals surface area contributed by atoms with Crippen molar-refractivity contribution in [2.24, 2.45) is 4.99 Å². The molecule has 1 N–H and O–H groups in total. The van der Waals surface area contributed by atoms with Crippen LogP contribution in [0.15, 0.2) is 28.6 Å². The average molecular weight is 317 g/mol. The van der Waals surface area contributed by atoms with Crippen LogP contribution in [0, 0.1) is 0 Å². The Bertz CT molecular complexity index is 653. The number of carbonyl (C=O) groups is 1. The van der Waals surface area contributed by atoms with Gasteiger partial charge in [-0.1, -0.05) is 59.9 Å². The Labute approximate surface area is 136 Å². The van der Waals surface area contributed by atoms with Crippen LogP contribution >= 0.6 is 11.8 Å². The molecule has 3 nitrogen and oxygen atoms in total. The lowest BCUT2D eigenvalue weighted by Crippen LogP contribution is -2.18. The van der Waals surface area contributed by atoms with Gasteiger partial charge >= 0.3 is 0 Å². The van der Waals surface area contributed by atoms with E-state index in [1.54, 1.807) is 0 Å². The predicted octanol–water partition coefficient (Wildman–Crippen LogP) is 4.52. The smallest absolute Gasteiger partial charge is 0.284 e. The fourth-order valence-corrected chi connectivity index (χ4v) is 3.09. The summed E-state index contributed by atoms with van der Waals surface area (Å²) in [5, 5.41) is 11.4. The van der Waals surface area contributed by atoms with Gasteiger partial charge in [-0.15, -0.1) is 0 Å². The number of phenolic OH excluding ortho intramolecular Hbond substituents is 1. The molecule has 0 aliphatic carbocycles. The molecule has 0 fully saturated rings. The van der Waals surface area contributed by atoms with E-state index in [0.29, 0.717) is 15.7 Å². The summed E-state index contributed by atoms with van der Waals surface area (Å²) in [6.07, 6.45) is 0. The lowest BCUT2D eigenvalue weighted by molar-refractivity contribution is -0.113. The van der Waals surface area contributed by atoms with E-state index in [4.69, 9.17) is 0 Å². The molecular weight excluding hydrogens is 294 g/mol. The molecule has 2 rings (SSSR count). The molecule has 1 amide bonds. The van der Waals surface area contributed by atoms with Crippen molar-refractivity contribution in [2.45, 2.75) is 52.4 Å². The van der Waals surface area contributed by atoms with Crippen LogP contribution in [0.5, 0.6) is 5.75 Å². The molecule has 22 heavy (non-hydrogen) atoms. The van der Waals surface area contributed by atoms with Gasteiger partial charge in [-0.25, -0.2) is 4.99 Å². The zero-order chi connectivity index (χ0) is 16.9. The van der Waals surface area contributed by atoms with Gasteiger partial charge < -0.3 is 5.11 Å². The number of aliphatic imine (C=N–C) groups is 1. The van der Waals surface area contributed by atoms with Gasteiger partial charge in [0.25, 0.3) is 5.91 Å². The van der Waals surface area contributed by atoms with E-state index in [1.807, 2.05) is 12.1 Å². The highest BCUT2D eigenvalue weighted by molar-refractivity contribution is 8.19. The first-order valence-corrected chi connectivity index (χ1v) is 8.11. The highest BCUT2D eigenvalue weighted by Gasteiger charge is 2.29. The van der Waals surface area contributed by atoms with Gasteiger partial charge in [0.2, 0.25) is 0 Å². The first-order chi connectivity index (χ1) is 9.91. The van der Waals surface area contributed by atoms with E-state index in [2.05, 4.69) is 53.1 Å². The topological polar surface area (TPSA) is 49.7 Å². The molecule has 1 heterocycles. The van der Waals surface area contributed by atoms with Crippen molar-refractivity contribution < 1.29 is 9.90 Å². The normalized spacial score (nSPS) is 16.2. The van der Waals surface area contributed by atoms with Crippen LogP contribution in [-0.4, -0.2) is 16.1 Å². The molecule has 1 aromatic carbocycles. The molecule has 0 radical (unpaired) electrons. The highest BCUT2D eigenvalue weighted by Crippen LogP contribution is 2.41. The summed E-state index contributed by atoms with van der Waals surface area (Å²) in [6.45, 7) is 16.1. The minimum atomic E-state index is -0.275. The largest absolute Gasteiger partial charge is 0.507 e. The van der Waals surface area contributed by atoms with Crippen LogP contribution in [0.4, 0.5) is 0 Å². The van der Waals surface area contributed by atoms with Gasteiger partial charge in [0.05, 0.1) is 4.91 Å². The SMILES string of the molecule is C=C1SC(c2cc(C(C)(C)C)c(O)c(C(C)(C)C)c2)=NC1=O. The molecule has 1 aromatic rings. The fraction of sp³-hybridized carbons (Fsp3) is 0.444. The number of thioether (sulfide) groups is 1. The molecule has 0 atom stereocenters. The third-order valence-electron chi connectivity index (χ3n) is 3.63. The molecule has 118 valence electrons. The number of amides is 1. The number of carbonyl (C=O) groups excluding carboxylic acids is 1. The summed E-state index contributed by atoms with van der Waals surface area (Å²) in [7, 11) is 0. The maximum Gasteiger partial charge on any atom is 0.284 e. The van der Waals surface area contributed by atoms with Crippen LogP contribution in [0.1, 0.15) is 58.2 Å². The zero-order valence-corrected chi connectivity index (χ0v) is 14.9. The Morgan fingerprint density at radius 1 is 1.05 bits per heavy atom. The second-order valence-electron chi connectivity index (χ2n) is 7.67. The molecule has 0 bridgehead atoms. The summed E-state index contributed by atoms with van der Waals surface area (Å²) >= 11 is 1.30. The number of rotatable bonds is 1. The van der Waals surface area contributed by atoms with E-state index in [0.717, 1.165) is 16.7 Å². The third kappa shape index (κ3) is 3.12. The molecular formula is C18H23NO2S. The standard InChI is InChI=1S/C18H23NO2S/c1-10-15(21)19-16(22-10)11-8-12(17(2,3)4)14(20)13(9-11)18(5,6)7/h8-9,20H,1H2,2-7H3. The number of phenols is 1. The van der Waals surface area contributed by atoms with Crippen LogP contribution in [0.3, 0.4) is 0 Å². The lowest BCUT2D eigenvalue weighted by atomic mass is 9.78. The molecule has 0 saturated carbocycles. The summed E-state index contributed by atoms with van der Waals surface area (Å²) in [5.41, 5.74) is 2.19. The first-order valence-electron chi connectivity index (χ1n) is 7.29. The minimum Gasteiger partial charge on any atom is -0.507 e. The van der Waals surface area contributed by atoms with E-state index >= 15 is 0 Å². The summed E-state index contributed by atoms with van der Waals surface area (Å²) < 4.78 is 0. The van der Waals surface area contributed by atoms with Crippen molar-refractivity contribution in [3.63, 3.8) is 0 Å². The summed E-state index contributed by atoms with van der Waals surface area (Å²) in [6, 6.07) is 3.87. The van der Waals surface area contributed by atoms with Crippen LogP contribution in [0.2, 0.25) is 0 Å². The maximum atomic E-state index is 11.6. The monoisotopic (exact) mass is 317 g/mol. The van der Waals surface area contributed by atoms with Crippen molar-refractivity contribution in [3.8, 4) is 5.75 Å². The van der Waals surface area contributed by atoms with Crippen molar-refractivity contribution >= 4 is 22.7 Å². The lowest BCUT2D eigenvalue weighted by Gasteiger charge is -2.28. The Hall–Kier alpha value is -1.55. The minimum absolute atomic E-state index is 0.203. The Morgan fingerprint density at radius 2 is 1.50 bits per heavy atom. The number of hydrogen-bond acceptors (Lipinski definition) is 3. The van der Waals surface area contributed by atoms with Gasteiger partial charge in [0.1, 0.15) is 10.8 Å². The number of benzene rings is 1. The second kappa shape index (κ2) is 5.27. The van der Waals surface area contributed by atoms with E-state index in [1.165, 1.54) is 11.8 Å². The van der Waals surface area contributed by atoms with E-state index < -0.39 is 0 Å². The molecule has 0 unspecified atom stereocenters. The maximum absolute atomic E-state index is 11.6. The Balaban J connectivity index is 2.69. The van der Waals surface area contributed by atoms with Crippen molar-refractivity contribution in [2.75, 3.05) is 0 Å². The third-order valence-corrected chi connectivity index (χ3v) is 4.58. The predicted molar refractivity (Wildman–Crippen MR) is 93.8 cm³/mol. The quantitative estimate of drug-likeness (QED) is 0.775. The molecule has 0 aromatic heterocycles. The number of nitrogens with zero attached hydrogens (tertiary/aromatic N) is 1. The molecule has 4 heteroatoms. The van der Waals surface area contributed by atoms with Gasteiger partial charge in [-0.2, -0.15) is 0 Å². The highest BCUT2D eigenvalue weighted by atomic mass is 32.2. The molecule has 1 aliphatic heterocycles. The Morgan fingerprint density at radius 3 is 1.82 bits per heavy atom. The van der Waals surface area contributed by atoms with Crippen LogP contribution in [0.25, 0.3) is 0 Å². The van der Waals surface area contributed by atoms with Crippen molar-refractivity contribution in [3.05, 3.63) is 40.3 Å². The first kappa shape index (κ1) is 16.8. The van der Waals surface area contributed by atoms with Crippen molar-refractivity contribution in [1.29, 1.82) is 0 Å². The van der Waals surface area contributed by atoms with Gasteiger partial charge in [0.15, 0.2) is 0 Å². The fourth-order valence-electron chi connectivity index (χ4n) is 2.36. The second-order valence-corrected chi connectivity index (χ2v) is 8.75. The van der Waals surface area contributed by atoms with Gasteiger partial charge in [0, 0.05) is 16.7 Å². The zero-order valence-electron chi connectivity index (χ0n) is 14.1. The van der Waals surface area contributed by atoms with E-state index in [9.17, 15) is 9.90 Å². The molecule has 0 spiro atoms. The van der Waals surface area contributed by atoms with Crippen LogP contribution < -0.4 is 0 Å². The summed E-state index contributed by atoms with van der Waals surface area (Å²) in [4.78, 5) is 16.1. The van der Waals surface area contributed by atoms with E-state index in [-0.39, 0.29) is 16.7 Å².